The van der Waals surface area contributed by atoms with Gasteiger partial charge in [0.1, 0.15) is 0 Å². The summed E-state index contributed by atoms with van der Waals surface area (Å²) in [6, 6.07) is 0.688. The number of nitrogens with one attached hydrogen (secondary N) is 1. The Bertz CT molecular complexity index is 180. The largest absolute Gasteiger partial charge is 0.303 e. The molecule has 0 radical (unpaired) electrons. The fraction of sp³-hybridized carbons (Fsp3) is 0.889. The van der Waals surface area contributed by atoms with E-state index in [0.29, 0.717) is 6.04 Å². The molecule has 1 rings (SSSR count). The molecule has 0 aliphatic heterocycles. The van der Waals surface area contributed by atoms with Gasteiger partial charge in [-0.3, -0.25) is 10.2 Å². The van der Waals surface area contributed by atoms with Crippen molar-refractivity contribution in [3.05, 3.63) is 0 Å². The van der Waals surface area contributed by atoms with E-state index in [2.05, 4.69) is 17.4 Å². The van der Waals surface area contributed by atoms with Gasteiger partial charge < -0.3 is 4.90 Å². The number of carbonyl (C=O) groups is 1. The second kappa shape index (κ2) is 4.58. The molecule has 0 aromatic carbocycles. The van der Waals surface area contributed by atoms with E-state index in [1.165, 1.54) is 19.3 Å². The van der Waals surface area contributed by atoms with E-state index in [4.69, 9.17) is 5.84 Å². The van der Waals surface area contributed by atoms with Crippen LogP contribution < -0.4 is 11.3 Å². The first kappa shape index (κ1) is 10.5. The van der Waals surface area contributed by atoms with E-state index in [1.54, 1.807) is 0 Å². The molecule has 1 atom stereocenters. The maximum atomic E-state index is 11.1. The minimum absolute atomic E-state index is 0.0180. The number of hydrogen-bond donors (Lipinski definition) is 2. The number of carbonyl (C=O) groups excluding carboxylic acids is 1. The first-order chi connectivity index (χ1) is 6.15. The van der Waals surface area contributed by atoms with Crippen LogP contribution >= 0.6 is 0 Å². The second-order valence-electron chi connectivity index (χ2n) is 3.93. The minimum atomic E-state index is -0.0776. The van der Waals surface area contributed by atoms with Gasteiger partial charge in [0.15, 0.2) is 0 Å². The van der Waals surface area contributed by atoms with Gasteiger partial charge in [0.25, 0.3) is 0 Å². The molecule has 1 saturated carbocycles. The van der Waals surface area contributed by atoms with Crippen LogP contribution in [0.4, 0.5) is 0 Å². The third kappa shape index (κ3) is 2.67. The SMILES string of the molecule is CC(CN(C)C1CCC1)C(=O)NN. The summed E-state index contributed by atoms with van der Waals surface area (Å²) in [5.74, 6) is 4.96. The Labute approximate surface area is 79.4 Å². The maximum Gasteiger partial charge on any atom is 0.237 e. The van der Waals surface area contributed by atoms with Gasteiger partial charge >= 0.3 is 0 Å². The van der Waals surface area contributed by atoms with Crippen molar-refractivity contribution in [3.63, 3.8) is 0 Å². The van der Waals surface area contributed by atoms with Crippen molar-refractivity contribution in [1.29, 1.82) is 0 Å². The number of nitrogens with zero attached hydrogens (tertiary/aromatic N) is 1. The molecule has 0 heterocycles. The highest BCUT2D eigenvalue weighted by atomic mass is 16.2. The summed E-state index contributed by atoms with van der Waals surface area (Å²) < 4.78 is 0. The van der Waals surface area contributed by atoms with Gasteiger partial charge in [-0.1, -0.05) is 13.3 Å². The second-order valence-corrected chi connectivity index (χ2v) is 3.93. The van der Waals surface area contributed by atoms with Crippen molar-refractivity contribution in [3.8, 4) is 0 Å². The Hall–Kier alpha value is -0.610. The van der Waals surface area contributed by atoms with Gasteiger partial charge in [0, 0.05) is 18.5 Å². The molecule has 1 fully saturated rings. The summed E-state index contributed by atoms with van der Waals surface area (Å²) in [6.07, 6.45) is 3.87. The number of rotatable bonds is 4. The average molecular weight is 185 g/mol. The predicted molar refractivity (Wildman–Crippen MR) is 51.8 cm³/mol. The van der Waals surface area contributed by atoms with E-state index in [0.717, 1.165) is 6.54 Å². The smallest absolute Gasteiger partial charge is 0.237 e. The fourth-order valence-electron chi connectivity index (χ4n) is 1.63. The van der Waals surface area contributed by atoms with Gasteiger partial charge in [-0.05, 0) is 19.9 Å². The first-order valence-corrected chi connectivity index (χ1v) is 4.86. The molecule has 1 aliphatic rings. The zero-order valence-corrected chi connectivity index (χ0v) is 8.42. The van der Waals surface area contributed by atoms with Crippen LogP contribution in [0.5, 0.6) is 0 Å². The average Bonchev–Trinajstić information content (AvgIpc) is 1.99. The first-order valence-electron chi connectivity index (χ1n) is 4.86. The normalized spacial score (nSPS) is 19.7. The van der Waals surface area contributed by atoms with Crippen molar-refractivity contribution >= 4 is 5.91 Å². The molecule has 76 valence electrons. The molecule has 4 heteroatoms. The zero-order valence-electron chi connectivity index (χ0n) is 8.42. The minimum Gasteiger partial charge on any atom is -0.303 e. The van der Waals surface area contributed by atoms with Gasteiger partial charge in [0.05, 0.1) is 0 Å². The number of hydrogen-bond acceptors (Lipinski definition) is 3. The van der Waals surface area contributed by atoms with Crippen molar-refractivity contribution in [1.82, 2.24) is 10.3 Å². The molecule has 4 nitrogen and oxygen atoms in total. The standard InChI is InChI=1S/C9H19N3O/c1-7(9(13)11-10)6-12(2)8-4-3-5-8/h7-8H,3-6,10H2,1-2H3,(H,11,13). The predicted octanol–water partition coefficient (Wildman–Crippen LogP) is 0.0967. The van der Waals surface area contributed by atoms with Gasteiger partial charge in [-0.2, -0.15) is 0 Å². The molecule has 0 bridgehead atoms. The summed E-state index contributed by atoms with van der Waals surface area (Å²) >= 11 is 0. The summed E-state index contributed by atoms with van der Waals surface area (Å²) in [5, 5.41) is 0. The number of nitrogens with two attached hydrogens (primary N) is 1. The van der Waals surface area contributed by atoms with Crippen molar-refractivity contribution < 1.29 is 4.79 Å². The van der Waals surface area contributed by atoms with Crippen LogP contribution in [0.2, 0.25) is 0 Å². The molecule has 13 heavy (non-hydrogen) atoms. The fourth-order valence-corrected chi connectivity index (χ4v) is 1.63. The van der Waals surface area contributed by atoms with Crippen LogP contribution in [-0.4, -0.2) is 30.4 Å². The molecule has 1 unspecified atom stereocenters. The van der Waals surface area contributed by atoms with Crippen LogP contribution in [-0.2, 0) is 4.79 Å². The van der Waals surface area contributed by atoms with Gasteiger partial charge in [-0.15, -0.1) is 0 Å². The monoisotopic (exact) mass is 185 g/mol. The lowest BCUT2D eigenvalue weighted by Gasteiger charge is -2.35. The Morgan fingerprint density at radius 1 is 1.69 bits per heavy atom. The third-order valence-corrected chi connectivity index (χ3v) is 2.85. The lowest BCUT2D eigenvalue weighted by atomic mass is 9.91. The van der Waals surface area contributed by atoms with Crippen LogP contribution in [0.3, 0.4) is 0 Å². The Balaban J connectivity index is 2.25. The third-order valence-electron chi connectivity index (χ3n) is 2.85. The molecular weight excluding hydrogens is 166 g/mol. The van der Waals surface area contributed by atoms with E-state index in [9.17, 15) is 4.79 Å². The van der Waals surface area contributed by atoms with E-state index in [1.807, 2.05) is 6.92 Å². The maximum absolute atomic E-state index is 11.1. The molecule has 0 saturated heterocycles. The van der Waals surface area contributed by atoms with Gasteiger partial charge in [0.2, 0.25) is 5.91 Å². The van der Waals surface area contributed by atoms with E-state index in [-0.39, 0.29) is 11.8 Å². The quantitative estimate of drug-likeness (QED) is 0.371. The topological polar surface area (TPSA) is 58.4 Å². The molecule has 0 aromatic rings. The van der Waals surface area contributed by atoms with Crippen molar-refractivity contribution in [2.75, 3.05) is 13.6 Å². The summed E-state index contributed by atoms with van der Waals surface area (Å²) in [7, 11) is 2.07. The van der Waals surface area contributed by atoms with Crippen LogP contribution in [0, 0.1) is 5.92 Å². The van der Waals surface area contributed by atoms with Crippen LogP contribution in [0.15, 0.2) is 0 Å². The molecular formula is C9H19N3O. The molecule has 1 aliphatic carbocycles. The molecule has 0 aromatic heterocycles. The Kier molecular flexibility index (Phi) is 3.69. The highest BCUT2D eigenvalue weighted by Gasteiger charge is 2.24. The summed E-state index contributed by atoms with van der Waals surface area (Å²) in [5.41, 5.74) is 2.18. The highest BCUT2D eigenvalue weighted by Crippen LogP contribution is 2.23. The molecule has 3 N–H and O–H groups in total. The number of amides is 1. The number of hydrazine groups is 1. The summed E-state index contributed by atoms with van der Waals surface area (Å²) in [6.45, 7) is 2.70. The van der Waals surface area contributed by atoms with E-state index < -0.39 is 0 Å². The highest BCUT2D eigenvalue weighted by molar-refractivity contribution is 5.77. The molecule has 0 spiro atoms. The van der Waals surface area contributed by atoms with Crippen molar-refractivity contribution in [2.24, 2.45) is 11.8 Å². The van der Waals surface area contributed by atoms with Gasteiger partial charge in [-0.25, -0.2) is 5.84 Å². The Morgan fingerprint density at radius 2 is 2.31 bits per heavy atom. The van der Waals surface area contributed by atoms with E-state index >= 15 is 0 Å². The van der Waals surface area contributed by atoms with Crippen molar-refractivity contribution in [2.45, 2.75) is 32.2 Å². The Morgan fingerprint density at radius 3 is 2.69 bits per heavy atom. The summed E-state index contributed by atoms with van der Waals surface area (Å²) in [4.78, 5) is 13.4. The lowest BCUT2D eigenvalue weighted by molar-refractivity contribution is -0.125. The lowest BCUT2D eigenvalue weighted by Crippen LogP contribution is -2.44. The van der Waals surface area contributed by atoms with Crippen LogP contribution in [0.25, 0.3) is 0 Å². The zero-order chi connectivity index (χ0) is 9.84. The van der Waals surface area contributed by atoms with Crippen LogP contribution in [0.1, 0.15) is 26.2 Å². The molecule has 1 amide bonds.